The fraction of sp³-hybridized carbons (Fsp3) is 0.364. The summed E-state index contributed by atoms with van der Waals surface area (Å²) in [5.41, 5.74) is 1.51. The maximum absolute atomic E-state index is 14.5. The number of fused-ring (bicyclic) bond motifs is 2. The van der Waals surface area contributed by atoms with Crippen LogP contribution in [0.3, 0.4) is 0 Å². The lowest BCUT2D eigenvalue weighted by Crippen LogP contribution is -2.52. The molecule has 0 aromatic heterocycles. The molecule has 0 bridgehead atoms. The topological polar surface area (TPSA) is 79.9 Å². The number of benzene rings is 2. The van der Waals surface area contributed by atoms with Crippen LogP contribution in [-0.4, -0.2) is 54.8 Å². The van der Waals surface area contributed by atoms with Crippen molar-refractivity contribution in [3.8, 4) is 11.5 Å². The van der Waals surface area contributed by atoms with Gasteiger partial charge in [-0.3, -0.25) is 9.59 Å². The number of carbonyl (C=O) groups is 2. The Morgan fingerprint density at radius 3 is 2.97 bits per heavy atom. The lowest BCUT2D eigenvalue weighted by Gasteiger charge is -2.39. The summed E-state index contributed by atoms with van der Waals surface area (Å²) in [5.74, 6) is 0.0671. The first kappa shape index (κ1) is 20.0. The SMILES string of the molecule is CC1Nc2cc(OCC3CN(C(=O)c4cc5c(cc4F)OCC(=O)CN5)C3)ccc2S1. The highest BCUT2D eigenvalue weighted by Gasteiger charge is 2.33. The molecule has 162 valence electrons. The van der Waals surface area contributed by atoms with Crippen molar-refractivity contribution in [2.24, 2.45) is 5.92 Å². The highest BCUT2D eigenvalue weighted by atomic mass is 32.2. The number of thioether (sulfide) groups is 1. The van der Waals surface area contributed by atoms with Crippen LogP contribution in [0, 0.1) is 11.7 Å². The number of nitrogens with one attached hydrogen (secondary N) is 2. The van der Waals surface area contributed by atoms with Crippen molar-refractivity contribution in [2.75, 3.05) is 43.5 Å². The van der Waals surface area contributed by atoms with E-state index in [-0.39, 0.29) is 42.1 Å². The van der Waals surface area contributed by atoms with Crippen LogP contribution in [-0.2, 0) is 4.79 Å². The van der Waals surface area contributed by atoms with Crippen LogP contribution in [0.1, 0.15) is 17.3 Å². The first-order valence-corrected chi connectivity index (χ1v) is 11.1. The van der Waals surface area contributed by atoms with Crippen LogP contribution in [0.25, 0.3) is 0 Å². The summed E-state index contributed by atoms with van der Waals surface area (Å²) in [7, 11) is 0. The third-order valence-electron chi connectivity index (χ3n) is 5.51. The van der Waals surface area contributed by atoms with Gasteiger partial charge in [0.25, 0.3) is 5.91 Å². The number of likely N-dealkylation sites (tertiary alicyclic amines) is 1. The van der Waals surface area contributed by atoms with E-state index in [0.29, 0.717) is 30.8 Å². The van der Waals surface area contributed by atoms with Crippen molar-refractivity contribution >= 4 is 34.8 Å². The number of ketones is 1. The highest BCUT2D eigenvalue weighted by molar-refractivity contribution is 8.00. The molecule has 0 radical (unpaired) electrons. The van der Waals surface area contributed by atoms with Crippen LogP contribution in [0.4, 0.5) is 15.8 Å². The standard InChI is InChI=1S/C22H22FN3O4S/c1-12-25-19-4-15(2-3-21(19)31-12)29-10-13-8-26(9-13)22(28)16-5-18-20(6-17(16)23)30-11-14(27)7-24-18/h2-6,12-13,24-25H,7-11H2,1H3. The zero-order chi connectivity index (χ0) is 21.5. The second kappa shape index (κ2) is 7.96. The van der Waals surface area contributed by atoms with Gasteiger partial charge in [-0.15, -0.1) is 0 Å². The van der Waals surface area contributed by atoms with Crippen molar-refractivity contribution in [3.05, 3.63) is 41.7 Å². The van der Waals surface area contributed by atoms with Gasteiger partial charge in [0.05, 0.1) is 35.5 Å². The fourth-order valence-electron chi connectivity index (χ4n) is 3.86. The molecule has 0 spiro atoms. The normalized spacial score (nSPS) is 19.9. The summed E-state index contributed by atoms with van der Waals surface area (Å²) in [4.78, 5) is 27.1. The van der Waals surface area contributed by atoms with Crippen molar-refractivity contribution in [2.45, 2.75) is 17.2 Å². The molecule has 3 aliphatic rings. The van der Waals surface area contributed by atoms with E-state index >= 15 is 0 Å². The van der Waals surface area contributed by atoms with E-state index in [2.05, 4.69) is 23.6 Å². The van der Waals surface area contributed by atoms with Crippen molar-refractivity contribution in [3.63, 3.8) is 0 Å². The number of hydrogen-bond acceptors (Lipinski definition) is 7. The van der Waals surface area contributed by atoms with Crippen LogP contribution >= 0.6 is 11.8 Å². The predicted octanol–water partition coefficient (Wildman–Crippen LogP) is 3.21. The van der Waals surface area contributed by atoms with Gasteiger partial charge in [-0.2, -0.15) is 0 Å². The van der Waals surface area contributed by atoms with E-state index in [0.717, 1.165) is 17.5 Å². The third kappa shape index (κ3) is 4.01. The van der Waals surface area contributed by atoms with Crippen molar-refractivity contribution in [1.29, 1.82) is 0 Å². The zero-order valence-electron chi connectivity index (χ0n) is 16.9. The number of amides is 1. The molecule has 1 saturated heterocycles. The van der Waals surface area contributed by atoms with Crippen molar-refractivity contribution < 1.29 is 23.5 Å². The Balaban J connectivity index is 1.17. The summed E-state index contributed by atoms with van der Waals surface area (Å²) in [6, 6.07) is 8.59. The Morgan fingerprint density at radius 2 is 2.13 bits per heavy atom. The summed E-state index contributed by atoms with van der Waals surface area (Å²) >= 11 is 1.78. The summed E-state index contributed by atoms with van der Waals surface area (Å²) in [5, 5.41) is 6.64. The lowest BCUT2D eigenvalue weighted by atomic mass is 9.99. The van der Waals surface area contributed by atoms with Gasteiger partial charge in [0.1, 0.15) is 23.9 Å². The maximum Gasteiger partial charge on any atom is 0.256 e. The number of carbonyl (C=O) groups excluding carboxylic acids is 2. The summed E-state index contributed by atoms with van der Waals surface area (Å²) in [6.45, 7) is 3.60. The Bertz CT molecular complexity index is 1060. The number of nitrogens with zero attached hydrogens (tertiary/aromatic N) is 1. The van der Waals surface area contributed by atoms with Gasteiger partial charge in [0, 0.05) is 36.0 Å². The Morgan fingerprint density at radius 1 is 1.29 bits per heavy atom. The van der Waals surface area contributed by atoms with E-state index < -0.39 is 5.82 Å². The van der Waals surface area contributed by atoms with E-state index in [1.807, 2.05) is 12.1 Å². The number of halogens is 1. The van der Waals surface area contributed by atoms with Crippen LogP contribution in [0.15, 0.2) is 35.2 Å². The van der Waals surface area contributed by atoms with Gasteiger partial charge in [-0.1, -0.05) is 11.8 Å². The number of anilines is 2. The average Bonchev–Trinajstić information content (AvgIpc) is 2.99. The molecule has 1 atom stereocenters. The molecule has 5 rings (SSSR count). The number of ether oxygens (including phenoxy) is 2. The first-order chi connectivity index (χ1) is 15.0. The molecular weight excluding hydrogens is 421 g/mol. The van der Waals surface area contributed by atoms with E-state index in [1.54, 1.807) is 16.7 Å². The van der Waals surface area contributed by atoms with Gasteiger partial charge >= 0.3 is 0 Å². The molecule has 1 unspecified atom stereocenters. The molecule has 3 aliphatic heterocycles. The molecule has 7 nitrogen and oxygen atoms in total. The molecule has 1 fully saturated rings. The molecule has 0 aliphatic carbocycles. The predicted molar refractivity (Wildman–Crippen MR) is 116 cm³/mol. The average molecular weight is 444 g/mol. The Labute approximate surface area is 183 Å². The highest BCUT2D eigenvalue weighted by Crippen LogP contribution is 2.40. The molecule has 2 aromatic carbocycles. The first-order valence-electron chi connectivity index (χ1n) is 10.2. The molecular formula is C22H22FN3O4S. The summed E-state index contributed by atoms with van der Waals surface area (Å²) < 4.78 is 25.7. The largest absolute Gasteiger partial charge is 0.493 e. The molecule has 2 N–H and O–H groups in total. The van der Waals surface area contributed by atoms with E-state index in [4.69, 9.17) is 9.47 Å². The number of hydrogen-bond donors (Lipinski definition) is 2. The number of Topliss-reactive ketones (excluding diaryl/α,β-unsaturated/α-hetero) is 1. The maximum atomic E-state index is 14.5. The smallest absolute Gasteiger partial charge is 0.256 e. The third-order valence-corrected chi connectivity index (χ3v) is 6.59. The quantitative estimate of drug-likeness (QED) is 0.751. The minimum Gasteiger partial charge on any atom is -0.493 e. The van der Waals surface area contributed by atoms with Gasteiger partial charge < -0.3 is 25.0 Å². The summed E-state index contributed by atoms with van der Waals surface area (Å²) in [6.07, 6.45) is 0. The van der Waals surface area contributed by atoms with Gasteiger partial charge in [-0.25, -0.2) is 4.39 Å². The number of rotatable bonds is 4. The molecule has 0 saturated carbocycles. The van der Waals surface area contributed by atoms with Crippen LogP contribution in [0.5, 0.6) is 11.5 Å². The minimum absolute atomic E-state index is 0.0279. The zero-order valence-corrected chi connectivity index (χ0v) is 17.8. The van der Waals surface area contributed by atoms with Crippen molar-refractivity contribution in [1.82, 2.24) is 4.90 Å². The molecule has 3 heterocycles. The van der Waals surface area contributed by atoms with Gasteiger partial charge in [-0.05, 0) is 25.1 Å². The van der Waals surface area contributed by atoms with E-state index in [9.17, 15) is 14.0 Å². The van der Waals surface area contributed by atoms with Gasteiger partial charge in [0.15, 0.2) is 5.78 Å². The fourth-order valence-corrected chi connectivity index (χ4v) is 4.82. The Kier molecular flexibility index (Phi) is 5.13. The molecule has 1 amide bonds. The Hall–Kier alpha value is -2.94. The minimum atomic E-state index is -0.655. The molecule has 2 aromatic rings. The van der Waals surface area contributed by atoms with Crippen LogP contribution in [0.2, 0.25) is 0 Å². The second-order valence-electron chi connectivity index (χ2n) is 7.96. The van der Waals surface area contributed by atoms with Gasteiger partial charge in [0.2, 0.25) is 0 Å². The monoisotopic (exact) mass is 443 g/mol. The second-order valence-corrected chi connectivity index (χ2v) is 9.34. The lowest BCUT2D eigenvalue weighted by molar-refractivity contribution is -0.119. The molecule has 31 heavy (non-hydrogen) atoms. The van der Waals surface area contributed by atoms with Crippen LogP contribution < -0.4 is 20.1 Å². The van der Waals surface area contributed by atoms with E-state index in [1.165, 1.54) is 11.0 Å². The molecule has 9 heteroatoms.